The SMILES string of the molecule is CSC1CCCC(O)C1C. The van der Waals surface area contributed by atoms with E-state index in [2.05, 4.69) is 13.2 Å². The van der Waals surface area contributed by atoms with Crippen molar-refractivity contribution < 1.29 is 5.11 Å². The van der Waals surface area contributed by atoms with Crippen LogP contribution < -0.4 is 0 Å². The van der Waals surface area contributed by atoms with Crippen LogP contribution in [-0.4, -0.2) is 22.7 Å². The molecule has 1 nitrogen and oxygen atoms in total. The van der Waals surface area contributed by atoms with E-state index in [-0.39, 0.29) is 6.10 Å². The van der Waals surface area contributed by atoms with Gasteiger partial charge in [-0.25, -0.2) is 0 Å². The minimum absolute atomic E-state index is 0.0359. The van der Waals surface area contributed by atoms with Gasteiger partial charge in [0.2, 0.25) is 0 Å². The van der Waals surface area contributed by atoms with Crippen LogP contribution in [0.4, 0.5) is 0 Å². The van der Waals surface area contributed by atoms with Crippen LogP contribution >= 0.6 is 11.8 Å². The average molecular weight is 160 g/mol. The summed E-state index contributed by atoms with van der Waals surface area (Å²) in [5.74, 6) is 0.503. The fourth-order valence-electron chi connectivity index (χ4n) is 1.63. The van der Waals surface area contributed by atoms with Gasteiger partial charge in [0, 0.05) is 5.25 Å². The molecule has 0 aromatic carbocycles. The van der Waals surface area contributed by atoms with Gasteiger partial charge in [-0.05, 0) is 31.4 Å². The highest BCUT2D eigenvalue weighted by Gasteiger charge is 2.27. The summed E-state index contributed by atoms with van der Waals surface area (Å²) in [7, 11) is 0. The van der Waals surface area contributed by atoms with E-state index in [0.29, 0.717) is 11.2 Å². The lowest BCUT2D eigenvalue weighted by atomic mass is 9.87. The molecule has 1 N–H and O–H groups in total. The standard InChI is InChI=1S/C8H16OS/c1-6-7(9)4-3-5-8(6)10-2/h6-9H,3-5H2,1-2H3. The fourth-order valence-corrected chi connectivity index (χ4v) is 2.65. The Hall–Kier alpha value is 0.310. The molecule has 0 aliphatic heterocycles. The summed E-state index contributed by atoms with van der Waals surface area (Å²) in [4.78, 5) is 0. The Morgan fingerprint density at radius 2 is 2.10 bits per heavy atom. The van der Waals surface area contributed by atoms with Gasteiger partial charge >= 0.3 is 0 Å². The first-order valence-electron chi connectivity index (χ1n) is 3.96. The summed E-state index contributed by atoms with van der Waals surface area (Å²) >= 11 is 1.90. The van der Waals surface area contributed by atoms with Crippen molar-refractivity contribution in [3.8, 4) is 0 Å². The first-order valence-corrected chi connectivity index (χ1v) is 5.25. The Labute approximate surface area is 67.2 Å². The lowest BCUT2D eigenvalue weighted by molar-refractivity contribution is 0.0833. The summed E-state index contributed by atoms with van der Waals surface area (Å²) in [5.41, 5.74) is 0. The van der Waals surface area contributed by atoms with Gasteiger partial charge in [-0.2, -0.15) is 11.8 Å². The Morgan fingerprint density at radius 3 is 2.60 bits per heavy atom. The van der Waals surface area contributed by atoms with Crippen LogP contribution in [0.25, 0.3) is 0 Å². The van der Waals surface area contributed by atoms with E-state index in [1.54, 1.807) is 0 Å². The molecule has 1 fully saturated rings. The number of hydrogen-bond donors (Lipinski definition) is 1. The van der Waals surface area contributed by atoms with Crippen molar-refractivity contribution in [1.29, 1.82) is 0 Å². The van der Waals surface area contributed by atoms with Crippen molar-refractivity contribution in [3.63, 3.8) is 0 Å². The molecule has 0 heterocycles. The number of aliphatic hydroxyl groups excluding tert-OH is 1. The molecule has 0 radical (unpaired) electrons. The maximum absolute atomic E-state index is 9.47. The Balaban J connectivity index is 2.42. The van der Waals surface area contributed by atoms with Gasteiger partial charge in [0.05, 0.1) is 6.10 Å². The molecular formula is C8H16OS. The van der Waals surface area contributed by atoms with Gasteiger partial charge in [-0.3, -0.25) is 0 Å². The lowest BCUT2D eigenvalue weighted by Crippen LogP contribution is -2.31. The molecular weight excluding hydrogens is 144 g/mol. The molecule has 0 saturated heterocycles. The van der Waals surface area contributed by atoms with Crippen molar-refractivity contribution in [1.82, 2.24) is 0 Å². The second-order valence-electron chi connectivity index (χ2n) is 3.13. The average Bonchev–Trinajstić information content (AvgIpc) is 1.95. The van der Waals surface area contributed by atoms with Gasteiger partial charge in [0.15, 0.2) is 0 Å². The molecule has 2 heteroatoms. The highest BCUT2D eigenvalue weighted by atomic mass is 32.2. The van der Waals surface area contributed by atoms with Crippen LogP contribution in [0.1, 0.15) is 26.2 Å². The van der Waals surface area contributed by atoms with E-state index in [9.17, 15) is 5.11 Å². The zero-order valence-corrected chi connectivity index (χ0v) is 7.53. The molecule has 10 heavy (non-hydrogen) atoms. The highest BCUT2D eigenvalue weighted by Crippen LogP contribution is 2.31. The molecule has 1 rings (SSSR count). The Kier molecular flexibility index (Phi) is 3.05. The van der Waals surface area contributed by atoms with Crippen LogP contribution in [0.3, 0.4) is 0 Å². The predicted octanol–water partition coefficient (Wildman–Crippen LogP) is 1.90. The third-order valence-corrected chi connectivity index (χ3v) is 3.76. The quantitative estimate of drug-likeness (QED) is 0.632. The molecule has 1 aliphatic carbocycles. The summed E-state index contributed by atoms with van der Waals surface area (Å²) in [6.07, 6.45) is 5.61. The predicted molar refractivity (Wildman–Crippen MR) is 46.3 cm³/mol. The van der Waals surface area contributed by atoms with Gasteiger partial charge in [0.25, 0.3) is 0 Å². The molecule has 0 aromatic rings. The second kappa shape index (κ2) is 3.63. The maximum atomic E-state index is 9.47. The topological polar surface area (TPSA) is 20.2 Å². The molecule has 1 aliphatic rings. The summed E-state index contributed by atoms with van der Waals surface area (Å²) < 4.78 is 0. The van der Waals surface area contributed by atoms with Crippen LogP contribution in [0, 0.1) is 5.92 Å². The molecule has 0 bridgehead atoms. The monoisotopic (exact) mass is 160 g/mol. The second-order valence-corrected chi connectivity index (χ2v) is 4.21. The van der Waals surface area contributed by atoms with Crippen molar-refractivity contribution in [2.75, 3.05) is 6.26 Å². The number of rotatable bonds is 1. The molecule has 1 saturated carbocycles. The molecule has 0 aromatic heterocycles. The number of hydrogen-bond acceptors (Lipinski definition) is 2. The zero-order valence-electron chi connectivity index (χ0n) is 6.71. The molecule has 0 spiro atoms. The largest absolute Gasteiger partial charge is 0.393 e. The maximum Gasteiger partial charge on any atom is 0.0576 e. The van der Waals surface area contributed by atoms with E-state index >= 15 is 0 Å². The van der Waals surface area contributed by atoms with Gasteiger partial charge in [-0.15, -0.1) is 0 Å². The van der Waals surface area contributed by atoms with Crippen LogP contribution in [-0.2, 0) is 0 Å². The first kappa shape index (κ1) is 8.41. The van der Waals surface area contributed by atoms with E-state index in [1.807, 2.05) is 11.8 Å². The van der Waals surface area contributed by atoms with Crippen LogP contribution in [0.2, 0.25) is 0 Å². The molecule has 0 amide bonds. The van der Waals surface area contributed by atoms with Crippen LogP contribution in [0.5, 0.6) is 0 Å². The van der Waals surface area contributed by atoms with Crippen LogP contribution in [0.15, 0.2) is 0 Å². The molecule has 3 atom stereocenters. The fraction of sp³-hybridized carbons (Fsp3) is 1.00. The Morgan fingerprint density at radius 1 is 1.40 bits per heavy atom. The van der Waals surface area contributed by atoms with E-state index < -0.39 is 0 Å². The molecule has 60 valence electrons. The highest BCUT2D eigenvalue weighted by molar-refractivity contribution is 7.99. The number of thioether (sulfide) groups is 1. The molecule has 3 unspecified atom stereocenters. The Bertz CT molecular complexity index is 105. The van der Waals surface area contributed by atoms with Gasteiger partial charge < -0.3 is 5.11 Å². The van der Waals surface area contributed by atoms with E-state index in [0.717, 1.165) is 6.42 Å². The normalized spacial score (nSPS) is 41.7. The minimum atomic E-state index is -0.0359. The first-order chi connectivity index (χ1) is 4.75. The van der Waals surface area contributed by atoms with Crippen molar-refractivity contribution in [3.05, 3.63) is 0 Å². The van der Waals surface area contributed by atoms with Crippen molar-refractivity contribution >= 4 is 11.8 Å². The summed E-state index contributed by atoms with van der Waals surface area (Å²) in [5, 5.41) is 10.2. The van der Waals surface area contributed by atoms with Crippen molar-refractivity contribution in [2.45, 2.75) is 37.5 Å². The third-order valence-electron chi connectivity index (χ3n) is 2.48. The smallest absolute Gasteiger partial charge is 0.0576 e. The summed E-state index contributed by atoms with van der Waals surface area (Å²) in [6, 6.07) is 0. The van der Waals surface area contributed by atoms with E-state index in [1.165, 1.54) is 12.8 Å². The van der Waals surface area contributed by atoms with Gasteiger partial charge in [-0.1, -0.05) is 6.92 Å². The third kappa shape index (κ3) is 1.67. The minimum Gasteiger partial charge on any atom is -0.393 e. The zero-order chi connectivity index (χ0) is 7.56. The summed E-state index contributed by atoms with van der Waals surface area (Å²) in [6.45, 7) is 2.16. The lowest BCUT2D eigenvalue weighted by Gasteiger charge is -2.31. The number of aliphatic hydroxyl groups is 1. The van der Waals surface area contributed by atoms with E-state index in [4.69, 9.17) is 0 Å². The van der Waals surface area contributed by atoms with Crippen molar-refractivity contribution in [2.24, 2.45) is 5.92 Å². The van der Waals surface area contributed by atoms with Gasteiger partial charge in [0.1, 0.15) is 0 Å².